The molecule has 5 nitrogen and oxygen atoms in total. The van der Waals surface area contributed by atoms with E-state index >= 15 is 0 Å². The van der Waals surface area contributed by atoms with Crippen molar-refractivity contribution in [3.05, 3.63) is 18.0 Å². The summed E-state index contributed by atoms with van der Waals surface area (Å²) < 4.78 is 7.26. The molecule has 1 heterocycles. The molecule has 3 N–H and O–H groups in total. The van der Waals surface area contributed by atoms with E-state index in [-0.39, 0.29) is 11.9 Å². The molecule has 1 aromatic heterocycles. The van der Waals surface area contributed by atoms with Crippen LogP contribution in [0, 0.1) is 5.92 Å². The number of ether oxygens (including phenoxy) is 1. The van der Waals surface area contributed by atoms with E-state index in [4.69, 9.17) is 10.5 Å². The van der Waals surface area contributed by atoms with E-state index in [0.717, 1.165) is 6.54 Å². The van der Waals surface area contributed by atoms with Crippen LogP contribution in [0.2, 0.25) is 0 Å². The Bertz CT molecular complexity index is 413. The number of nitrogens with zero attached hydrogens (tertiary/aromatic N) is 1. The molecule has 1 amide bonds. The zero-order chi connectivity index (χ0) is 14.4. The van der Waals surface area contributed by atoms with Crippen molar-refractivity contribution in [1.82, 2.24) is 9.88 Å². The second-order valence-electron chi connectivity index (χ2n) is 4.93. The molecule has 1 aromatic rings. The third kappa shape index (κ3) is 4.28. The second kappa shape index (κ2) is 7.19. The average Bonchev–Trinajstić information content (AvgIpc) is 2.75. The zero-order valence-corrected chi connectivity index (χ0v) is 12.3. The minimum atomic E-state index is -0.100. The van der Waals surface area contributed by atoms with E-state index in [1.807, 2.05) is 18.4 Å². The van der Waals surface area contributed by atoms with Gasteiger partial charge in [0.25, 0.3) is 5.91 Å². The van der Waals surface area contributed by atoms with Gasteiger partial charge in [-0.3, -0.25) is 4.79 Å². The van der Waals surface area contributed by atoms with Crippen molar-refractivity contribution < 1.29 is 9.53 Å². The molecule has 0 saturated heterocycles. The van der Waals surface area contributed by atoms with Crippen molar-refractivity contribution in [3.8, 4) is 0 Å². The molecule has 0 bridgehead atoms. The van der Waals surface area contributed by atoms with Crippen molar-refractivity contribution >= 4 is 11.6 Å². The molecular formula is C14H25N3O2. The number of aryl methyl sites for hydroxylation is 1. The summed E-state index contributed by atoms with van der Waals surface area (Å²) in [4.78, 5) is 12.3. The normalized spacial score (nSPS) is 12.7. The summed E-state index contributed by atoms with van der Waals surface area (Å²) in [6, 6.07) is 1.71. The predicted octanol–water partition coefficient (Wildman–Crippen LogP) is 1.88. The zero-order valence-electron chi connectivity index (χ0n) is 12.3. The van der Waals surface area contributed by atoms with E-state index in [9.17, 15) is 4.79 Å². The van der Waals surface area contributed by atoms with Crippen LogP contribution in [0.3, 0.4) is 0 Å². The van der Waals surface area contributed by atoms with Crippen molar-refractivity contribution in [2.24, 2.45) is 5.92 Å². The van der Waals surface area contributed by atoms with Crippen molar-refractivity contribution in [3.63, 3.8) is 0 Å². The second-order valence-corrected chi connectivity index (χ2v) is 4.93. The van der Waals surface area contributed by atoms with E-state index < -0.39 is 0 Å². The molecule has 0 aliphatic carbocycles. The van der Waals surface area contributed by atoms with Gasteiger partial charge >= 0.3 is 0 Å². The smallest absolute Gasteiger partial charge is 0.268 e. The molecular weight excluding hydrogens is 242 g/mol. The summed E-state index contributed by atoms with van der Waals surface area (Å²) in [7, 11) is 0. The summed E-state index contributed by atoms with van der Waals surface area (Å²) >= 11 is 0. The maximum atomic E-state index is 12.3. The SMILES string of the molecule is CCOCC(NC(=O)c1cc(N)cn1CC)C(C)C. The van der Waals surface area contributed by atoms with Gasteiger partial charge in [0.05, 0.1) is 18.3 Å². The first-order chi connectivity index (χ1) is 8.99. The molecule has 0 saturated carbocycles. The monoisotopic (exact) mass is 267 g/mol. The predicted molar refractivity (Wildman–Crippen MR) is 77.1 cm³/mol. The summed E-state index contributed by atoms with van der Waals surface area (Å²) in [5.41, 5.74) is 6.95. The lowest BCUT2D eigenvalue weighted by Crippen LogP contribution is -2.42. The lowest BCUT2D eigenvalue weighted by molar-refractivity contribution is 0.0798. The molecule has 0 aliphatic rings. The highest BCUT2D eigenvalue weighted by molar-refractivity contribution is 5.94. The highest BCUT2D eigenvalue weighted by atomic mass is 16.5. The number of carbonyl (C=O) groups is 1. The van der Waals surface area contributed by atoms with Crippen LogP contribution in [-0.2, 0) is 11.3 Å². The average molecular weight is 267 g/mol. The van der Waals surface area contributed by atoms with Crippen LogP contribution in [0.15, 0.2) is 12.3 Å². The molecule has 108 valence electrons. The standard InChI is InChI=1S/C14H25N3O2/c1-5-17-8-11(15)7-13(17)14(18)16-12(10(3)4)9-19-6-2/h7-8,10,12H,5-6,9,15H2,1-4H3,(H,16,18). The lowest BCUT2D eigenvalue weighted by atomic mass is 10.1. The fourth-order valence-electron chi connectivity index (χ4n) is 1.87. The summed E-state index contributed by atoms with van der Waals surface area (Å²) in [5, 5.41) is 3.02. The van der Waals surface area contributed by atoms with Gasteiger partial charge in [-0.15, -0.1) is 0 Å². The quantitative estimate of drug-likeness (QED) is 0.792. The minimum Gasteiger partial charge on any atom is -0.397 e. The molecule has 19 heavy (non-hydrogen) atoms. The molecule has 0 radical (unpaired) electrons. The Morgan fingerprint density at radius 3 is 2.68 bits per heavy atom. The Labute approximate surface area is 115 Å². The van der Waals surface area contributed by atoms with Crippen LogP contribution in [0.4, 0.5) is 5.69 Å². The van der Waals surface area contributed by atoms with Crippen LogP contribution in [-0.4, -0.2) is 29.7 Å². The maximum absolute atomic E-state index is 12.3. The summed E-state index contributed by atoms with van der Waals surface area (Å²) in [5.74, 6) is 0.217. The lowest BCUT2D eigenvalue weighted by Gasteiger charge is -2.22. The number of rotatable bonds is 7. The molecule has 0 spiro atoms. The van der Waals surface area contributed by atoms with Gasteiger partial charge in [0.2, 0.25) is 0 Å². The molecule has 0 aliphatic heterocycles. The summed E-state index contributed by atoms with van der Waals surface area (Å²) in [6.45, 7) is 9.96. The largest absolute Gasteiger partial charge is 0.397 e. The molecule has 5 heteroatoms. The van der Waals surface area contributed by atoms with E-state index in [0.29, 0.717) is 30.5 Å². The van der Waals surface area contributed by atoms with Crippen LogP contribution >= 0.6 is 0 Å². The third-order valence-electron chi connectivity index (χ3n) is 3.11. The first-order valence-corrected chi connectivity index (χ1v) is 6.83. The van der Waals surface area contributed by atoms with Gasteiger partial charge in [-0.1, -0.05) is 13.8 Å². The molecule has 1 rings (SSSR count). The highest BCUT2D eigenvalue weighted by Gasteiger charge is 2.19. The van der Waals surface area contributed by atoms with Crippen LogP contribution in [0.1, 0.15) is 38.2 Å². The Morgan fingerprint density at radius 1 is 1.47 bits per heavy atom. The number of nitrogens with one attached hydrogen (secondary N) is 1. The molecule has 1 atom stereocenters. The summed E-state index contributed by atoms with van der Waals surface area (Å²) in [6.07, 6.45) is 1.78. The number of nitrogens with two attached hydrogens (primary N) is 1. The first-order valence-electron chi connectivity index (χ1n) is 6.83. The van der Waals surface area contributed by atoms with Gasteiger partial charge in [0.15, 0.2) is 0 Å². The van der Waals surface area contributed by atoms with Gasteiger partial charge in [0.1, 0.15) is 5.69 Å². The molecule has 0 aromatic carbocycles. The van der Waals surface area contributed by atoms with Gasteiger partial charge in [0, 0.05) is 19.3 Å². The van der Waals surface area contributed by atoms with Crippen LogP contribution in [0.5, 0.6) is 0 Å². The van der Waals surface area contributed by atoms with Crippen molar-refractivity contribution in [2.45, 2.75) is 40.3 Å². The number of nitrogen functional groups attached to an aromatic ring is 1. The Morgan fingerprint density at radius 2 is 2.16 bits per heavy atom. The minimum absolute atomic E-state index is 0.00822. The fraction of sp³-hybridized carbons (Fsp3) is 0.643. The Balaban J connectivity index is 2.75. The number of carbonyl (C=O) groups excluding carboxylic acids is 1. The van der Waals surface area contributed by atoms with Gasteiger partial charge in [-0.2, -0.15) is 0 Å². The van der Waals surface area contributed by atoms with Crippen LogP contribution in [0.25, 0.3) is 0 Å². The number of hydrogen-bond donors (Lipinski definition) is 2. The maximum Gasteiger partial charge on any atom is 0.268 e. The third-order valence-corrected chi connectivity index (χ3v) is 3.11. The van der Waals surface area contributed by atoms with Gasteiger partial charge in [-0.05, 0) is 25.8 Å². The van der Waals surface area contributed by atoms with Crippen molar-refractivity contribution in [2.75, 3.05) is 18.9 Å². The molecule has 0 fully saturated rings. The van der Waals surface area contributed by atoms with E-state index in [1.165, 1.54) is 0 Å². The highest BCUT2D eigenvalue weighted by Crippen LogP contribution is 2.12. The number of amides is 1. The van der Waals surface area contributed by atoms with Crippen molar-refractivity contribution in [1.29, 1.82) is 0 Å². The van der Waals surface area contributed by atoms with Gasteiger partial charge in [-0.25, -0.2) is 0 Å². The number of aromatic nitrogens is 1. The number of hydrogen-bond acceptors (Lipinski definition) is 3. The first kappa shape index (κ1) is 15.6. The van der Waals surface area contributed by atoms with Crippen LogP contribution < -0.4 is 11.1 Å². The van der Waals surface area contributed by atoms with E-state index in [2.05, 4.69) is 19.2 Å². The number of anilines is 1. The van der Waals surface area contributed by atoms with E-state index in [1.54, 1.807) is 12.3 Å². The van der Waals surface area contributed by atoms with Gasteiger partial charge < -0.3 is 20.4 Å². The topological polar surface area (TPSA) is 69.3 Å². The Kier molecular flexibility index (Phi) is 5.89. The fourth-order valence-corrected chi connectivity index (χ4v) is 1.87. The Hall–Kier alpha value is -1.49. The molecule has 1 unspecified atom stereocenters.